The summed E-state index contributed by atoms with van der Waals surface area (Å²) in [6.07, 6.45) is 3.52. The number of amides is 1. The van der Waals surface area contributed by atoms with Crippen molar-refractivity contribution >= 4 is 43.4 Å². The molecule has 2 aromatic heterocycles. The topological polar surface area (TPSA) is 60.2 Å². The fraction of sp³-hybridized carbons (Fsp3) is 0.125. The first-order chi connectivity index (χ1) is 15.6. The number of para-hydroxylation sites is 1. The van der Waals surface area contributed by atoms with Crippen LogP contribution in [-0.4, -0.2) is 34.3 Å². The zero-order valence-electron chi connectivity index (χ0n) is 17.2. The summed E-state index contributed by atoms with van der Waals surface area (Å²) < 4.78 is 22.3. The van der Waals surface area contributed by atoms with Crippen LogP contribution in [0.3, 0.4) is 0 Å². The van der Waals surface area contributed by atoms with Crippen molar-refractivity contribution in [2.75, 3.05) is 18.6 Å². The van der Waals surface area contributed by atoms with Crippen LogP contribution in [0.25, 0.3) is 21.0 Å². The predicted molar refractivity (Wildman–Crippen MR) is 124 cm³/mol. The number of hydrogen-bond acceptors (Lipinski definition) is 5. The van der Waals surface area contributed by atoms with Crippen molar-refractivity contribution in [3.05, 3.63) is 84.4 Å². The molecular weight excluding hydrogens is 427 g/mol. The predicted octanol–water partition coefficient (Wildman–Crippen LogP) is 5.14. The van der Waals surface area contributed by atoms with E-state index >= 15 is 0 Å². The van der Waals surface area contributed by atoms with Crippen molar-refractivity contribution in [3.63, 3.8) is 0 Å². The van der Waals surface area contributed by atoms with Gasteiger partial charge in [0.15, 0.2) is 5.13 Å². The second kappa shape index (κ2) is 8.39. The molecule has 0 fully saturated rings. The smallest absolute Gasteiger partial charge is 0.263 e. The molecule has 5 rings (SSSR count). The van der Waals surface area contributed by atoms with E-state index in [1.807, 2.05) is 48.7 Å². The summed E-state index contributed by atoms with van der Waals surface area (Å²) in [5, 5.41) is 6.56. The Morgan fingerprint density at radius 3 is 2.66 bits per heavy atom. The van der Waals surface area contributed by atoms with Gasteiger partial charge >= 0.3 is 0 Å². The molecule has 0 atom stereocenters. The number of benzene rings is 3. The van der Waals surface area contributed by atoms with Gasteiger partial charge in [0.05, 0.1) is 23.9 Å². The Morgan fingerprint density at radius 1 is 1.12 bits per heavy atom. The van der Waals surface area contributed by atoms with E-state index in [0.717, 1.165) is 10.8 Å². The summed E-state index contributed by atoms with van der Waals surface area (Å²) in [6, 6.07) is 18.1. The molecule has 6 nitrogen and oxygen atoms in total. The van der Waals surface area contributed by atoms with Gasteiger partial charge in [-0.3, -0.25) is 14.4 Å². The summed E-state index contributed by atoms with van der Waals surface area (Å²) in [6.45, 7) is 0.783. The molecule has 0 unspecified atom stereocenters. The van der Waals surface area contributed by atoms with Crippen molar-refractivity contribution < 1.29 is 13.9 Å². The van der Waals surface area contributed by atoms with Crippen molar-refractivity contribution in [2.24, 2.45) is 0 Å². The molecule has 32 heavy (non-hydrogen) atoms. The minimum Gasteiger partial charge on any atom is -0.496 e. The molecule has 0 saturated carbocycles. The van der Waals surface area contributed by atoms with Crippen LogP contribution in [0.5, 0.6) is 5.75 Å². The molecule has 0 aliphatic rings. The zero-order valence-corrected chi connectivity index (χ0v) is 18.1. The van der Waals surface area contributed by atoms with Crippen LogP contribution < -0.4 is 9.64 Å². The number of hydrogen-bond donors (Lipinski definition) is 0. The highest BCUT2D eigenvalue weighted by atomic mass is 32.1. The maximum atomic E-state index is 14.3. The lowest BCUT2D eigenvalue weighted by atomic mass is 10.0. The number of anilines is 1. The van der Waals surface area contributed by atoms with Crippen molar-refractivity contribution in [1.29, 1.82) is 0 Å². The number of fused-ring (bicyclic) bond motifs is 2. The highest BCUT2D eigenvalue weighted by molar-refractivity contribution is 7.22. The quantitative estimate of drug-likeness (QED) is 0.362. The molecule has 0 bridgehead atoms. The van der Waals surface area contributed by atoms with Crippen molar-refractivity contribution in [1.82, 2.24) is 14.8 Å². The van der Waals surface area contributed by atoms with Gasteiger partial charge in [0, 0.05) is 18.9 Å². The third kappa shape index (κ3) is 3.69. The molecule has 0 spiro atoms. The SMILES string of the molecule is COc1cc2ccccc2cc1C(=O)N(CCn1cccn1)c1nc2c(F)cccc2s1. The Kier molecular flexibility index (Phi) is 5.28. The average Bonchev–Trinajstić information content (AvgIpc) is 3.49. The van der Waals surface area contributed by atoms with E-state index in [0.29, 0.717) is 34.2 Å². The number of rotatable bonds is 6. The number of halogens is 1. The van der Waals surface area contributed by atoms with E-state index in [9.17, 15) is 9.18 Å². The van der Waals surface area contributed by atoms with E-state index in [1.54, 1.807) is 35.0 Å². The normalized spacial score (nSPS) is 11.2. The number of thiazole rings is 1. The summed E-state index contributed by atoms with van der Waals surface area (Å²) in [7, 11) is 1.54. The molecule has 160 valence electrons. The molecule has 2 heterocycles. The summed E-state index contributed by atoms with van der Waals surface area (Å²) in [5.74, 6) is -0.197. The van der Waals surface area contributed by atoms with Gasteiger partial charge in [-0.05, 0) is 41.1 Å². The van der Waals surface area contributed by atoms with Gasteiger partial charge in [0.25, 0.3) is 5.91 Å². The van der Waals surface area contributed by atoms with Gasteiger partial charge in [-0.25, -0.2) is 9.37 Å². The molecular formula is C24H19FN4O2S. The third-order valence-electron chi connectivity index (χ3n) is 5.24. The summed E-state index contributed by atoms with van der Waals surface area (Å²) >= 11 is 1.28. The number of carbonyl (C=O) groups is 1. The zero-order chi connectivity index (χ0) is 22.1. The highest BCUT2D eigenvalue weighted by Gasteiger charge is 2.25. The van der Waals surface area contributed by atoms with Crippen LogP contribution in [0.2, 0.25) is 0 Å². The van der Waals surface area contributed by atoms with E-state index < -0.39 is 5.82 Å². The summed E-state index contributed by atoms with van der Waals surface area (Å²) in [5.41, 5.74) is 0.682. The second-order valence-corrected chi connectivity index (χ2v) is 8.22. The van der Waals surface area contributed by atoms with E-state index in [1.165, 1.54) is 17.4 Å². The number of nitrogens with zero attached hydrogens (tertiary/aromatic N) is 4. The van der Waals surface area contributed by atoms with E-state index in [4.69, 9.17) is 4.74 Å². The molecule has 0 radical (unpaired) electrons. The minimum atomic E-state index is -0.409. The van der Waals surface area contributed by atoms with Gasteiger partial charge < -0.3 is 4.74 Å². The van der Waals surface area contributed by atoms with Gasteiger partial charge in [-0.1, -0.05) is 41.7 Å². The van der Waals surface area contributed by atoms with E-state index in [-0.39, 0.29) is 11.4 Å². The monoisotopic (exact) mass is 446 g/mol. The lowest BCUT2D eigenvalue weighted by Gasteiger charge is -2.21. The first-order valence-electron chi connectivity index (χ1n) is 10.0. The first-order valence-corrected chi connectivity index (χ1v) is 10.9. The molecule has 0 saturated heterocycles. The Balaban J connectivity index is 1.59. The maximum absolute atomic E-state index is 14.3. The Bertz CT molecular complexity index is 1410. The molecule has 1 amide bonds. The van der Waals surface area contributed by atoms with E-state index in [2.05, 4.69) is 10.1 Å². The van der Waals surface area contributed by atoms with Crippen LogP contribution in [-0.2, 0) is 6.54 Å². The fourth-order valence-electron chi connectivity index (χ4n) is 3.64. The Labute approximate surface area is 187 Å². The fourth-order valence-corrected chi connectivity index (χ4v) is 4.64. The van der Waals surface area contributed by atoms with Gasteiger partial charge in [-0.2, -0.15) is 5.10 Å². The van der Waals surface area contributed by atoms with Crippen LogP contribution in [0.15, 0.2) is 73.1 Å². The van der Waals surface area contributed by atoms with Crippen LogP contribution in [0, 0.1) is 5.82 Å². The first kappa shape index (κ1) is 20.1. The minimum absolute atomic E-state index is 0.259. The van der Waals surface area contributed by atoms with Gasteiger partial charge in [0.2, 0.25) is 0 Å². The van der Waals surface area contributed by atoms with Gasteiger partial charge in [0.1, 0.15) is 17.1 Å². The molecule has 0 aliphatic carbocycles. The average molecular weight is 447 g/mol. The maximum Gasteiger partial charge on any atom is 0.263 e. The molecule has 0 N–H and O–H groups in total. The van der Waals surface area contributed by atoms with Crippen LogP contribution >= 0.6 is 11.3 Å². The Morgan fingerprint density at radius 2 is 1.94 bits per heavy atom. The molecule has 8 heteroatoms. The Hall–Kier alpha value is -3.78. The number of methoxy groups -OCH3 is 1. The summed E-state index contributed by atoms with van der Waals surface area (Å²) in [4.78, 5) is 19.8. The van der Waals surface area contributed by atoms with Crippen molar-refractivity contribution in [3.8, 4) is 5.75 Å². The highest BCUT2D eigenvalue weighted by Crippen LogP contribution is 2.33. The van der Waals surface area contributed by atoms with Gasteiger partial charge in [-0.15, -0.1) is 0 Å². The van der Waals surface area contributed by atoms with Crippen LogP contribution in [0.1, 0.15) is 10.4 Å². The number of carbonyl (C=O) groups excluding carboxylic acids is 1. The van der Waals surface area contributed by atoms with Crippen LogP contribution in [0.4, 0.5) is 9.52 Å². The standard InChI is InChI=1S/C24H19FN4O2S/c1-31-20-15-17-7-3-2-6-16(17)14-18(20)23(30)29(13-12-28-11-5-10-26-28)24-27-22-19(25)8-4-9-21(22)32-24/h2-11,14-15H,12-13H2,1H3. The number of ether oxygens (including phenoxy) is 1. The molecule has 3 aromatic carbocycles. The molecule has 0 aliphatic heterocycles. The number of aromatic nitrogens is 3. The largest absolute Gasteiger partial charge is 0.496 e. The van der Waals surface area contributed by atoms with Crippen molar-refractivity contribution in [2.45, 2.75) is 6.54 Å². The molecule has 5 aromatic rings. The second-order valence-electron chi connectivity index (χ2n) is 7.21. The lowest BCUT2D eigenvalue weighted by Crippen LogP contribution is -2.34. The lowest BCUT2D eigenvalue weighted by molar-refractivity contribution is 0.0983. The third-order valence-corrected chi connectivity index (χ3v) is 6.29.